The summed E-state index contributed by atoms with van der Waals surface area (Å²) in [6, 6.07) is 15.3. The molecule has 0 aliphatic carbocycles. The Morgan fingerprint density at radius 2 is 1.70 bits per heavy atom. The molecule has 23 heavy (non-hydrogen) atoms. The molecule has 2 amide bonds. The molecule has 0 aliphatic rings. The van der Waals surface area contributed by atoms with Gasteiger partial charge in [0, 0.05) is 28.5 Å². The van der Waals surface area contributed by atoms with Gasteiger partial charge in [0.1, 0.15) is 0 Å². The SMILES string of the molecule is CC(=O)Nc1ccc(CNC(=O)CSc2ccc(Br)cc2)cc1. The van der Waals surface area contributed by atoms with Gasteiger partial charge in [-0.15, -0.1) is 11.8 Å². The highest BCUT2D eigenvalue weighted by Crippen LogP contribution is 2.20. The maximum atomic E-state index is 11.9. The average molecular weight is 393 g/mol. The van der Waals surface area contributed by atoms with Crippen LogP contribution in [0.25, 0.3) is 0 Å². The molecule has 0 atom stereocenters. The number of carbonyl (C=O) groups excluding carboxylic acids is 2. The molecule has 0 fully saturated rings. The molecule has 0 aromatic heterocycles. The smallest absolute Gasteiger partial charge is 0.230 e. The van der Waals surface area contributed by atoms with Crippen molar-refractivity contribution in [1.82, 2.24) is 5.32 Å². The summed E-state index contributed by atoms with van der Waals surface area (Å²) in [5.74, 6) is 0.269. The molecular formula is C17H17BrN2O2S. The Labute approximate surface area is 148 Å². The maximum absolute atomic E-state index is 11.9. The van der Waals surface area contributed by atoms with Gasteiger partial charge in [-0.1, -0.05) is 28.1 Å². The molecule has 6 heteroatoms. The zero-order chi connectivity index (χ0) is 16.7. The highest BCUT2D eigenvalue weighted by Gasteiger charge is 2.03. The van der Waals surface area contributed by atoms with Crippen LogP contribution in [0.1, 0.15) is 12.5 Å². The monoisotopic (exact) mass is 392 g/mol. The summed E-state index contributed by atoms with van der Waals surface area (Å²) in [5.41, 5.74) is 1.74. The van der Waals surface area contributed by atoms with Gasteiger partial charge in [0.15, 0.2) is 0 Å². The average Bonchev–Trinajstić information content (AvgIpc) is 2.53. The van der Waals surface area contributed by atoms with E-state index in [0.717, 1.165) is 20.6 Å². The number of nitrogens with one attached hydrogen (secondary N) is 2. The minimum absolute atomic E-state index is 0.0103. The van der Waals surface area contributed by atoms with Crippen LogP contribution < -0.4 is 10.6 Å². The lowest BCUT2D eigenvalue weighted by Crippen LogP contribution is -2.24. The summed E-state index contributed by atoms with van der Waals surface area (Å²) in [4.78, 5) is 23.9. The number of hydrogen-bond donors (Lipinski definition) is 2. The first-order chi connectivity index (χ1) is 11.0. The predicted octanol–water partition coefficient (Wildman–Crippen LogP) is 3.82. The second-order valence-electron chi connectivity index (χ2n) is 4.90. The third-order valence-corrected chi connectivity index (χ3v) is 4.49. The second-order valence-corrected chi connectivity index (χ2v) is 6.86. The molecule has 0 aliphatic heterocycles. The molecular weight excluding hydrogens is 376 g/mol. The molecule has 0 radical (unpaired) electrons. The minimum Gasteiger partial charge on any atom is -0.351 e. The lowest BCUT2D eigenvalue weighted by molar-refractivity contribution is -0.118. The van der Waals surface area contributed by atoms with Crippen LogP contribution in [0, 0.1) is 0 Å². The van der Waals surface area contributed by atoms with Gasteiger partial charge in [0.05, 0.1) is 5.75 Å². The van der Waals surface area contributed by atoms with Crippen molar-refractivity contribution in [1.29, 1.82) is 0 Å². The van der Waals surface area contributed by atoms with Crippen molar-refractivity contribution in [2.45, 2.75) is 18.4 Å². The second kappa shape index (κ2) is 8.74. The van der Waals surface area contributed by atoms with E-state index in [1.807, 2.05) is 48.5 Å². The molecule has 2 N–H and O–H groups in total. The maximum Gasteiger partial charge on any atom is 0.230 e. The minimum atomic E-state index is -0.101. The molecule has 0 saturated heterocycles. The van der Waals surface area contributed by atoms with Crippen LogP contribution in [0.2, 0.25) is 0 Å². The zero-order valence-corrected chi connectivity index (χ0v) is 15.0. The van der Waals surface area contributed by atoms with E-state index in [1.165, 1.54) is 18.7 Å². The number of anilines is 1. The van der Waals surface area contributed by atoms with Gasteiger partial charge in [-0.05, 0) is 42.0 Å². The Hall–Kier alpha value is -1.79. The number of rotatable bonds is 6. The third kappa shape index (κ3) is 6.46. The van der Waals surface area contributed by atoms with Crippen LogP contribution in [-0.4, -0.2) is 17.6 Å². The van der Waals surface area contributed by atoms with E-state index in [0.29, 0.717) is 12.3 Å². The van der Waals surface area contributed by atoms with Crippen molar-refractivity contribution in [3.8, 4) is 0 Å². The van der Waals surface area contributed by atoms with Crippen LogP contribution in [0.3, 0.4) is 0 Å². The summed E-state index contributed by atoms with van der Waals surface area (Å²) in [6.07, 6.45) is 0. The van der Waals surface area contributed by atoms with Crippen molar-refractivity contribution in [2.75, 3.05) is 11.1 Å². The molecule has 2 rings (SSSR count). The molecule has 0 heterocycles. The van der Waals surface area contributed by atoms with Crippen LogP contribution >= 0.6 is 27.7 Å². The van der Waals surface area contributed by atoms with Gasteiger partial charge in [0.25, 0.3) is 0 Å². The molecule has 0 saturated carbocycles. The summed E-state index contributed by atoms with van der Waals surface area (Å²) < 4.78 is 1.02. The van der Waals surface area contributed by atoms with Gasteiger partial charge in [0.2, 0.25) is 11.8 Å². The first-order valence-corrected chi connectivity index (χ1v) is 8.82. The Morgan fingerprint density at radius 1 is 1.04 bits per heavy atom. The van der Waals surface area contributed by atoms with Crippen molar-refractivity contribution < 1.29 is 9.59 Å². The molecule has 0 spiro atoms. The Kier molecular flexibility index (Phi) is 6.67. The van der Waals surface area contributed by atoms with Crippen LogP contribution in [-0.2, 0) is 16.1 Å². The fourth-order valence-electron chi connectivity index (χ4n) is 1.84. The molecule has 2 aromatic carbocycles. The quantitative estimate of drug-likeness (QED) is 0.734. The lowest BCUT2D eigenvalue weighted by atomic mass is 10.2. The first-order valence-electron chi connectivity index (χ1n) is 7.04. The van der Waals surface area contributed by atoms with Crippen LogP contribution in [0.15, 0.2) is 57.9 Å². The number of amides is 2. The van der Waals surface area contributed by atoms with Gasteiger partial charge in [-0.2, -0.15) is 0 Å². The van der Waals surface area contributed by atoms with E-state index < -0.39 is 0 Å². The Morgan fingerprint density at radius 3 is 2.30 bits per heavy atom. The Balaban J connectivity index is 1.75. The number of thioether (sulfide) groups is 1. The Bertz CT molecular complexity index is 672. The molecule has 2 aromatic rings. The predicted molar refractivity (Wildman–Crippen MR) is 97.5 cm³/mol. The van der Waals surface area contributed by atoms with Crippen molar-refractivity contribution >= 4 is 45.2 Å². The normalized spacial score (nSPS) is 10.2. The standard InChI is InChI=1S/C17H17BrN2O2S/c1-12(21)20-15-6-2-13(3-7-15)10-19-17(22)11-23-16-8-4-14(18)5-9-16/h2-9H,10-11H2,1H3,(H,19,22)(H,20,21). The largest absolute Gasteiger partial charge is 0.351 e. The van der Waals surface area contributed by atoms with Gasteiger partial charge >= 0.3 is 0 Å². The molecule has 4 nitrogen and oxygen atoms in total. The summed E-state index contributed by atoms with van der Waals surface area (Å²) in [7, 11) is 0. The van der Waals surface area contributed by atoms with Gasteiger partial charge in [-0.3, -0.25) is 9.59 Å². The van der Waals surface area contributed by atoms with Gasteiger partial charge in [-0.25, -0.2) is 0 Å². The first kappa shape index (κ1) is 17.6. The zero-order valence-electron chi connectivity index (χ0n) is 12.6. The van der Waals surface area contributed by atoms with Crippen molar-refractivity contribution in [3.05, 3.63) is 58.6 Å². The molecule has 0 bridgehead atoms. The number of halogens is 1. The summed E-state index contributed by atoms with van der Waals surface area (Å²) in [5, 5.41) is 5.59. The fourth-order valence-corrected chi connectivity index (χ4v) is 2.83. The van der Waals surface area contributed by atoms with Crippen LogP contribution in [0.5, 0.6) is 0 Å². The highest BCUT2D eigenvalue weighted by atomic mass is 79.9. The lowest BCUT2D eigenvalue weighted by Gasteiger charge is -2.07. The van der Waals surface area contributed by atoms with E-state index in [1.54, 1.807) is 0 Å². The van der Waals surface area contributed by atoms with Crippen LogP contribution in [0.4, 0.5) is 5.69 Å². The van der Waals surface area contributed by atoms with E-state index in [2.05, 4.69) is 26.6 Å². The molecule has 0 unspecified atom stereocenters. The third-order valence-electron chi connectivity index (χ3n) is 2.95. The highest BCUT2D eigenvalue weighted by molar-refractivity contribution is 9.10. The van der Waals surface area contributed by atoms with E-state index >= 15 is 0 Å². The van der Waals surface area contributed by atoms with Crippen molar-refractivity contribution in [3.63, 3.8) is 0 Å². The van der Waals surface area contributed by atoms with Crippen molar-refractivity contribution in [2.24, 2.45) is 0 Å². The van der Waals surface area contributed by atoms with E-state index in [4.69, 9.17) is 0 Å². The number of hydrogen-bond acceptors (Lipinski definition) is 3. The molecule has 120 valence electrons. The topological polar surface area (TPSA) is 58.2 Å². The fraction of sp³-hybridized carbons (Fsp3) is 0.176. The van der Waals surface area contributed by atoms with Gasteiger partial charge < -0.3 is 10.6 Å². The summed E-state index contributed by atoms with van der Waals surface area (Å²) >= 11 is 4.88. The number of benzene rings is 2. The van der Waals surface area contributed by atoms with E-state index in [9.17, 15) is 9.59 Å². The number of carbonyl (C=O) groups is 2. The van der Waals surface area contributed by atoms with E-state index in [-0.39, 0.29) is 11.8 Å². The summed E-state index contributed by atoms with van der Waals surface area (Å²) in [6.45, 7) is 1.94.